The molecule has 1 aromatic heterocycles. The summed E-state index contributed by atoms with van der Waals surface area (Å²) in [4.78, 5) is 26.0. The molecule has 1 atom stereocenters. The van der Waals surface area contributed by atoms with Gasteiger partial charge in [0, 0.05) is 16.8 Å². The molecule has 0 saturated heterocycles. The summed E-state index contributed by atoms with van der Waals surface area (Å²) in [5, 5.41) is 3.51. The Labute approximate surface area is 122 Å². The molecule has 0 radical (unpaired) electrons. The molecule has 4 nitrogen and oxygen atoms in total. The van der Waals surface area contributed by atoms with Gasteiger partial charge in [0.15, 0.2) is 5.78 Å². The van der Waals surface area contributed by atoms with Gasteiger partial charge in [-0.05, 0) is 37.6 Å². The molecule has 0 aliphatic rings. The zero-order valence-corrected chi connectivity index (χ0v) is 12.0. The van der Waals surface area contributed by atoms with E-state index in [1.807, 2.05) is 19.1 Å². The number of carbonyl (C=O) groups excluding carboxylic acids is 2. The monoisotopic (exact) mass is 290 g/mol. The van der Waals surface area contributed by atoms with Gasteiger partial charge in [-0.1, -0.05) is 23.7 Å². The van der Waals surface area contributed by atoms with Gasteiger partial charge in [0.2, 0.25) is 0 Å². The summed E-state index contributed by atoms with van der Waals surface area (Å²) < 4.78 is 0. The highest BCUT2D eigenvalue weighted by molar-refractivity contribution is 6.30. The molecular weight excluding hydrogens is 276 g/mol. The summed E-state index contributed by atoms with van der Waals surface area (Å²) in [5.41, 5.74) is 1.83. The van der Waals surface area contributed by atoms with Gasteiger partial charge in [0.25, 0.3) is 5.91 Å². The lowest BCUT2D eigenvalue weighted by Crippen LogP contribution is -2.26. The highest BCUT2D eigenvalue weighted by Gasteiger charge is 2.14. The van der Waals surface area contributed by atoms with E-state index in [2.05, 4.69) is 10.3 Å². The third-order valence-electron chi connectivity index (χ3n) is 3.05. The van der Waals surface area contributed by atoms with Crippen molar-refractivity contribution in [2.24, 2.45) is 0 Å². The highest BCUT2D eigenvalue weighted by atomic mass is 35.5. The number of H-pyrrole nitrogens is 1. The number of aromatic amines is 1. The standard InChI is InChI=1S/C15H15ClN2O2/c1-9(11-3-5-13(16)6-4-11)18-15(20)14-7-12(8-17-14)10(2)19/h3-9,17H,1-2H3,(H,18,20)/t9-/m0/s1. The average Bonchev–Trinajstić information content (AvgIpc) is 2.89. The second kappa shape index (κ2) is 5.92. The normalized spacial score (nSPS) is 11.9. The van der Waals surface area contributed by atoms with E-state index < -0.39 is 0 Å². The fourth-order valence-electron chi connectivity index (χ4n) is 1.84. The van der Waals surface area contributed by atoms with Gasteiger partial charge in [0.05, 0.1) is 6.04 Å². The van der Waals surface area contributed by atoms with E-state index >= 15 is 0 Å². The Morgan fingerprint density at radius 2 is 1.90 bits per heavy atom. The highest BCUT2D eigenvalue weighted by Crippen LogP contribution is 2.16. The van der Waals surface area contributed by atoms with Gasteiger partial charge in [0.1, 0.15) is 5.69 Å². The fraction of sp³-hybridized carbons (Fsp3) is 0.200. The Bertz CT molecular complexity index is 632. The maximum Gasteiger partial charge on any atom is 0.268 e. The topological polar surface area (TPSA) is 62.0 Å². The summed E-state index contributed by atoms with van der Waals surface area (Å²) in [6.07, 6.45) is 1.53. The number of Topliss-reactive ketones (excluding diaryl/α,β-unsaturated/α-hetero) is 1. The molecule has 20 heavy (non-hydrogen) atoms. The van der Waals surface area contributed by atoms with Gasteiger partial charge >= 0.3 is 0 Å². The van der Waals surface area contributed by atoms with Crippen molar-refractivity contribution in [2.75, 3.05) is 0 Å². The molecule has 5 heteroatoms. The van der Waals surface area contributed by atoms with Crippen molar-refractivity contribution in [2.45, 2.75) is 19.9 Å². The van der Waals surface area contributed by atoms with E-state index in [-0.39, 0.29) is 17.7 Å². The predicted molar refractivity (Wildman–Crippen MR) is 78.1 cm³/mol. The number of nitrogens with one attached hydrogen (secondary N) is 2. The van der Waals surface area contributed by atoms with Gasteiger partial charge in [-0.15, -0.1) is 0 Å². The minimum Gasteiger partial charge on any atom is -0.356 e. The second-order valence-corrected chi connectivity index (χ2v) is 5.04. The maximum atomic E-state index is 12.1. The third kappa shape index (κ3) is 3.27. The molecule has 0 bridgehead atoms. The number of halogens is 1. The van der Waals surface area contributed by atoms with Crippen molar-refractivity contribution in [3.63, 3.8) is 0 Å². The SMILES string of the molecule is CC(=O)c1c[nH]c(C(=O)N[C@@H](C)c2ccc(Cl)cc2)c1. The van der Waals surface area contributed by atoms with E-state index in [1.54, 1.807) is 18.2 Å². The number of rotatable bonds is 4. The van der Waals surface area contributed by atoms with Crippen LogP contribution in [0, 0.1) is 0 Å². The first-order chi connectivity index (χ1) is 9.47. The number of amides is 1. The van der Waals surface area contributed by atoms with Crippen molar-refractivity contribution >= 4 is 23.3 Å². The van der Waals surface area contributed by atoms with Crippen LogP contribution in [0.1, 0.15) is 46.3 Å². The first-order valence-electron chi connectivity index (χ1n) is 6.23. The van der Waals surface area contributed by atoms with Gasteiger partial charge < -0.3 is 10.3 Å². The van der Waals surface area contributed by atoms with Crippen LogP contribution in [-0.2, 0) is 0 Å². The number of ketones is 1. The van der Waals surface area contributed by atoms with E-state index in [9.17, 15) is 9.59 Å². The lowest BCUT2D eigenvalue weighted by Gasteiger charge is -2.13. The van der Waals surface area contributed by atoms with Gasteiger partial charge in [-0.3, -0.25) is 9.59 Å². The molecule has 1 aromatic carbocycles. The summed E-state index contributed by atoms with van der Waals surface area (Å²) in [5.74, 6) is -0.328. The smallest absolute Gasteiger partial charge is 0.268 e. The Hall–Kier alpha value is -2.07. The van der Waals surface area contributed by atoms with Gasteiger partial charge in [-0.25, -0.2) is 0 Å². The van der Waals surface area contributed by atoms with Gasteiger partial charge in [-0.2, -0.15) is 0 Å². The van der Waals surface area contributed by atoms with Crippen molar-refractivity contribution in [1.29, 1.82) is 0 Å². The van der Waals surface area contributed by atoms with Crippen LogP contribution < -0.4 is 5.32 Å². The molecule has 0 fully saturated rings. The number of hydrogen-bond acceptors (Lipinski definition) is 2. The maximum absolute atomic E-state index is 12.1. The second-order valence-electron chi connectivity index (χ2n) is 4.60. The summed E-state index contributed by atoms with van der Waals surface area (Å²) >= 11 is 5.83. The first kappa shape index (κ1) is 14.3. The van der Waals surface area contributed by atoms with Crippen molar-refractivity contribution in [3.05, 3.63) is 58.4 Å². The largest absolute Gasteiger partial charge is 0.356 e. The minimum atomic E-state index is -0.250. The van der Waals surface area contributed by atoms with Crippen molar-refractivity contribution in [3.8, 4) is 0 Å². The Kier molecular flexibility index (Phi) is 4.25. The van der Waals surface area contributed by atoms with E-state index in [0.29, 0.717) is 16.3 Å². The van der Waals surface area contributed by atoms with E-state index in [4.69, 9.17) is 11.6 Å². The number of aromatic nitrogens is 1. The van der Waals surface area contributed by atoms with E-state index in [0.717, 1.165) is 5.56 Å². The number of benzene rings is 1. The quantitative estimate of drug-likeness (QED) is 0.848. The van der Waals surface area contributed by atoms with Crippen LogP contribution in [0.15, 0.2) is 36.5 Å². The van der Waals surface area contributed by atoms with Crippen molar-refractivity contribution in [1.82, 2.24) is 10.3 Å². The molecule has 0 unspecified atom stereocenters. The molecular formula is C15H15ClN2O2. The molecule has 2 aromatic rings. The zero-order chi connectivity index (χ0) is 14.7. The summed E-state index contributed by atoms with van der Waals surface area (Å²) in [6.45, 7) is 3.34. The Morgan fingerprint density at radius 1 is 1.25 bits per heavy atom. The molecule has 1 heterocycles. The molecule has 0 aliphatic carbocycles. The Morgan fingerprint density at radius 3 is 2.45 bits per heavy atom. The number of hydrogen-bond donors (Lipinski definition) is 2. The molecule has 1 amide bonds. The molecule has 2 N–H and O–H groups in total. The average molecular weight is 291 g/mol. The van der Waals surface area contributed by atoms with Crippen LogP contribution in [0.4, 0.5) is 0 Å². The fourth-order valence-corrected chi connectivity index (χ4v) is 1.96. The Balaban J connectivity index is 2.06. The summed E-state index contributed by atoms with van der Waals surface area (Å²) in [6, 6.07) is 8.69. The van der Waals surface area contributed by atoms with Crippen LogP contribution in [0.2, 0.25) is 5.02 Å². The zero-order valence-electron chi connectivity index (χ0n) is 11.2. The van der Waals surface area contributed by atoms with Crippen LogP contribution in [0.5, 0.6) is 0 Å². The lowest BCUT2D eigenvalue weighted by atomic mass is 10.1. The molecule has 104 valence electrons. The molecule has 0 aliphatic heterocycles. The molecule has 0 spiro atoms. The van der Waals surface area contributed by atoms with E-state index in [1.165, 1.54) is 13.1 Å². The molecule has 2 rings (SSSR count). The number of carbonyl (C=O) groups is 2. The predicted octanol–water partition coefficient (Wildman–Crippen LogP) is 3.36. The van der Waals surface area contributed by atoms with Crippen LogP contribution in [0.3, 0.4) is 0 Å². The third-order valence-corrected chi connectivity index (χ3v) is 3.30. The van der Waals surface area contributed by atoms with Crippen LogP contribution in [-0.4, -0.2) is 16.7 Å². The van der Waals surface area contributed by atoms with Crippen LogP contribution >= 0.6 is 11.6 Å². The first-order valence-corrected chi connectivity index (χ1v) is 6.61. The minimum absolute atomic E-state index is 0.0777. The van der Waals surface area contributed by atoms with Crippen molar-refractivity contribution < 1.29 is 9.59 Å². The van der Waals surface area contributed by atoms with Crippen LogP contribution in [0.25, 0.3) is 0 Å². The summed E-state index contributed by atoms with van der Waals surface area (Å²) in [7, 11) is 0. The lowest BCUT2D eigenvalue weighted by molar-refractivity contribution is 0.0935. The molecule has 0 saturated carbocycles.